The topological polar surface area (TPSA) is 150 Å². The van der Waals surface area contributed by atoms with Crippen molar-refractivity contribution in [2.24, 2.45) is 5.73 Å². The van der Waals surface area contributed by atoms with Crippen LogP contribution in [0.1, 0.15) is 53.4 Å². The minimum Gasteiger partial charge on any atom is -0.497 e. The second kappa shape index (κ2) is 13.3. The standard InChI is InChI=1S/C29H38N4O7/c1-6-7-8-19(34)9-12-23(32-28(37)40-29(2,3)4)27(36)33-17-21(16-24(33)25(30)35)39-26-22-11-10-20(38-5)15-18(22)13-14-31-26/h7-8,10-11,13-15,21,23-24H,6,9,12,16-17H2,1-5H3,(H2,30,35)(H,32,37)/b8-7+/t21-,23+,24+/m1/s1. The van der Waals surface area contributed by atoms with E-state index in [1.807, 2.05) is 25.1 Å². The van der Waals surface area contributed by atoms with Gasteiger partial charge >= 0.3 is 6.09 Å². The molecule has 11 nitrogen and oxygen atoms in total. The number of hydrogen-bond donors (Lipinski definition) is 2. The predicted molar refractivity (Wildman–Crippen MR) is 149 cm³/mol. The first-order valence-electron chi connectivity index (χ1n) is 13.3. The highest BCUT2D eigenvalue weighted by Crippen LogP contribution is 2.30. The summed E-state index contributed by atoms with van der Waals surface area (Å²) >= 11 is 0. The van der Waals surface area contributed by atoms with E-state index in [0.29, 0.717) is 18.1 Å². The summed E-state index contributed by atoms with van der Waals surface area (Å²) in [4.78, 5) is 56.6. The minimum atomic E-state index is -1.11. The average Bonchev–Trinajstić information content (AvgIpc) is 3.32. The Labute approximate surface area is 234 Å². The van der Waals surface area contributed by atoms with E-state index in [1.54, 1.807) is 46.2 Å². The molecule has 40 heavy (non-hydrogen) atoms. The zero-order valence-electron chi connectivity index (χ0n) is 23.6. The van der Waals surface area contributed by atoms with Crippen molar-refractivity contribution in [3.63, 3.8) is 0 Å². The van der Waals surface area contributed by atoms with Crippen LogP contribution in [-0.4, -0.2) is 71.0 Å². The van der Waals surface area contributed by atoms with Gasteiger partial charge in [-0.2, -0.15) is 0 Å². The maximum Gasteiger partial charge on any atom is 0.408 e. The Morgan fingerprint density at radius 2 is 1.98 bits per heavy atom. The van der Waals surface area contributed by atoms with Gasteiger partial charge < -0.3 is 30.2 Å². The molecule has 216 valence electrons. The molecule has 0 radical (unpaired) electrons. The summed E-state index contributed by atoms with van der Waals surface area (Å²) in [5.41, 5.74) is 4.88. The van der Waals surface area contributed by atoms with Gasteiger partial charge in [-0.1, -0.05) is 13.0 Å². The highest BCUT2D eigenvalue weighted by Gasteiger charge is 2.42. The van der Waals surface area contributed by atoms with Gasteiger partial charge in [-0.25, -0.2) is 9.78 Å². The molecule has 0 unspecified atom stereocenters. The maximum atomic E-state index is 13.7. The second-order valence-corrected chi connectivity index (χ2v) is 10.6. The number of nitrogens with two attached hydrogens (primary N) is 1. The van der Waals surface area contributed by atoms with E-state index in [4.69, 9.17) is 19.9 Å². The molecule has 0 saturated carbocycles. The number of nitrogens with zero attached hydrogens (tertiary/aromatic N) is 2. The maximum absolute atomic E-state index is 13.7. The predicted octanol–water partition coefficient (Wildman–Crippen LogP) is 3.29. The number of methoxy groups -OCH3 is 1. The SMILES string of the molecule is CC/C=C/C(=O)CC[C@H](NC(=O)OC(C)(C)C)C(=O)N1C[C@H](Oc2nccc3cc(OC)ccc23)C[C@H]1C(N)=O. The molecule has 0 spiro atoms. The zero-order chi connectivity index (χ0) is 29.4. The quantitative estimate of drug-likeness (QED) is 0.402. The fourth-order valence-electron chi connectivity index (χ4n) is 4.43. The number of likely N-dealkylation sites (tertiary alicyclic amines) is 1. The number of carbonyl (C=O) groups excluding carboxylic acids is 4. The third-order valence-corrected chi connectivity index (χ3v) is 6.30. The number of rotatable bonds is 11. The third-order valence-electron chi connectivity index (χ3n) is 6.30. The van der Waals surface area contributed by atoms with E-state index < -0.39 is 41.7 Å². The molecular weight excluding hydrogens is 516 g/mol. The molecule has 0 aliphatic carbocycles. The Bertz CT molecular complexity index is 1270. The Balaban J connectivity index is 1.81. The van der Waals surface area contributed by atoms with Crippen molar-refractivity contribution in [3.05, 3.63) is 42.6 Å². The van der Waals surface area contributed by atoms with Crippen molar-refractivity contribution < 1.29 is 33.4 Å². The van der Waals surface area contributed by atoms with Crippen molar-refractivity contribution in [1.82, 2.24) is 15.2 Å². The van der Waals surface area contributed by atoms with Crippen molar-refractivity contribution in [2.45, 2.75) is 77.2 Å². The average molecular weight is 555 g/mol. The first-order valence-corrected chi connectivity index (χ1v) is 13.3. The summed E-state index contributed by atoms with van der Waals surface area (Å²) in [5.74, 6) is -0.405. The highest BCUT2D eigenvalue weighted by molar-refractivity contribution is 5.93. The van der Waals surface area contributed by atoms with E-state index in [-0.39, 0.29) is 31.6 Å². The van der Waals surface area contributed by atoms with Crippen molar-refractivity contribution in [1.29, 1.82) is 0 Å². The lowest BCUT2D eigenvalue weighted by Gasteiger charge is -2.28. The first-order chi connectivity index (χ1) is 18.9. The van der Waals surface area contributed by atoms with Gasteiger partial charge in [0.1, 0.15) is 29.5 Å². The van der Waals surface area contributed by atoms with Crippen molar-refractivity contribution in [2.75, 3.05) is 13.7 Å². The van der Waals surface area contributed by atoms with E-state index in [9.17, 15) is 19.2 Å². The fraction of sp³-hybridized carbons (Fsp3) is 0.483. The molecule has 3 N–H and O–H groups in total. The lowest BCUT2D eigenvalue weighted by molar-refractivity contribution is -0.139. The van der Waals surface area contributed by atoms with Crippen LogP contribution in [0.2, 0.25) is 0 Å². The van der Waals surface area contributed by atoms with Gasteiger partial charge in [-0.3, -0.25) is 14.4 Å². The Morgan fingerprint density at radius 3 is 2.62 bits per heavy atom. The number of nitrogens with one attached hydrogen (secondary N) is 1. The molecule has 1 aromatic carbocycles. The number of amides is 3. The number of benzene rings is 1. The molecule has 1 aliphatic heterocycles. The van der Waals surface area contributed by atoms with Crippen LogP contribution in [0, 0.1) is 0 Å². The number of primary amides is 1. The van der Waals surface area contributed by atoms with Crippen LogP contribution in [-0.2, 0) is 19.1 Å². The summed E-state index contributed by atoms with van der Waals surface area (Å²) in [6.45, 7) is 7.04. The fourth-order valence-corrected chi connectivity index (χ4v) is 4.43. The summed E-state index contributed by atoms with van der Waals surface area (Å²) in [6.07, 6.45) is 4.26. The van der Waals surface area contributed by atoms with Crippen LogP contribution in [0.5, 0.6) is 11.6 Å². The molecular formula is C29H38N4O7. The Morgan fingerprint density at radius 1 is 1.23 bits per heavy atom. The number of pyridine rings is 1. The smallest absolute Gasteiger partial charge is 0.408 e. The molecule has 1 aromatic heterocycles. The molecule has 11 heteroatoms. The number of allylic oxidation sites excluding steroid dienone is 2. The van der Waals surface area contributed by atoms with Gasteiger partial charge in [0.05, 0.1) is 13.7 Å². The molecule has 3 atom stereocenters. The molecule has 3 amide bonds. The lowest BCUT2D eigenvalue weighted by Crippen LogP contribution is -2.53. The van der Waals surface area contributed by atoms with Crippen LogP contribution < -0.4 is 20.5 Å². The van der Waals surface area contributed by atoms with Gasteiger partial charge in [0.15, 0.2) is 5.78 Å². The number of ether oxygens (including phenoxy) is 3. The Hall–Kier alpha value is -4.15. The largest absolute Gasteiger partial charge is 0.497 e. The summed E-state index contributed by atoms with van der Waals surface area (Å²) in [6, 6.07) is 5.21. The van der Waals surface area contributed by atoms with E-state index >= 15 is 0 Å². The second-order valence-electron chi connectivity index (χ2n) is 10.6. The van der Waals surface area contributed by atoms with Gasteiger partial charge in [-0.05, 0) is 69.3 Å². The highest BCUT2D eigenvalue weighted by atomic mass is 16.6. The van der Waals surface area contributed by atoms with Gasteiger partial charge in [0.2, 0.25) is 17.7 Å². The lowest BCUT2D eigenvalue weighted by atomic mass is 10.1. The van der Waals surface area contributed by atoms with Crippen LogP contribution in [0.4, 0.5) is 4.79 Å². The van der Waals surface area contributed by atoms with Gasteiger partial charge in [0, 0.05) is 24.4 Å². The number of carbonyl (C=O) groups is 4. The molecule has 1 fully saturated rings. The van der Waals surface area contributed by atoms with Gasteiger partial charge in [-0.15, -0.1) is 0 Å². The molecule has 0 bridgehead atoms. The van der Waals surface area contributed by atoms with Gasteiger partial charge in [0.25, 0.3) is 0 Å². The summed E-state index contributed by atoms with van der Waals surface area (Å²) < 4.78 is 16.8. The molecule has 1 aliphatic rings. The minimum absolute atomic E-state index is 0.0150. The van der Waals surface area contributed by atoms with E-state index in [2.05, 4.69) is 10.3 Å². The van der Waals surface area contributed by atoms with E-state index in [1.165, 1.54) is 11.0 Å². The normalized spacial score (nSPS) is 18.0. The molecule has 2 heterocycles. The molecule has 1 saturated heterocycles. The van der Waals surface area contributed by atoms with Crippen molar-refractivity contribution in [3.8, 4) is 11.6 Å². The first kappa shape index (κ1) is 30.4. The Kier molecular flexibility index (Phi) is 10.1. The molecule has 2 aromatic rings. The number of ketones is 1. The summed E-state index contributed by atoms with van der Waals surface area (Å²) in [5, 5.41) is 4.17. The van der Waals surface area contributed by atoms with Crippen LogP contribution >= 0.6 is 0 Å². The summed E-state index contributed by atoms with van der Waals surface area (Å²) in [7, 11) is 1.58. The van der Waals surface area contributed by atoms with Crippen LogP contribution in [0.3, 0.4) is 0 Å². The van der Waals surface area contributed by atoms with E-state index in [0.717, 1.165) is 10.8 Å². The number of alkyl carbamates (subject to hydrolysis) is 1. The number of hydrogen-bond acceptors (Lipinski definition) is 8. The van der Waals surface area contributed by atoms with Crippen LogP contribution in [0.15, 0.2) is 42.6 Å². The monoisotopic (exact) mass is 554 g/mol. The third kappa shape index (κ3) is 8.17. The molecule has 3 rings (SSSR count). The zero-order valence-corrected chi connectivity index (χ0v) is 23.6. The number of fused-ring (bicyclic) bond motifs is 1. The number of aromatic nitrogens is 1. The van der Waals surface area contributed by atoms with Crippen molar-refractivity contribution >= 4 is 34.5 Å². The van der Waals surface area contributed by atoms with Crippen LogP contribution in [0.25, 0.3) is 10.8 Å².